The van der Waals surface area contributed by atoms with Gasteiger partial charge in [-0.15, -0.1) is 0 Å². The Hall–Kier alpha value is -1.72. The summed E-state index contributed by atoms with van der Waals surface area (Å²) in [5.74, 6) is -1.24. The van der Waals surface area contributed by atoms with Crippen LogP contribution in [0, 0.1) is 11.8 Å². The molecule has 0 amide bonds. The zero-order chi connectivity index (χ0) is 13.0. The van der Waals surface area contributed by atoms with Gasteiger partial charge in [0.15, 0.2) is 17.3 Å². The highest BCUT2D eigenvalue weighted by molar-refractivity contribution is 6.21. The molecule has 2 rings (SSSR count). The fraction of sp³-hybridized carbons (Fsp3) is 0.636. The largest absolute Gasteiger partial charge is 0.503 e. The van der Waals surface area contributed by atoms with Crippen molar-refractivity contribution in [2.24, 2.45) is 11.8 Å². The Bertz CT molecular complexity index is 335. The van der Waals surface area contributed by atoms with Crippen LogP contribution >= 0.6 is 0 Å². The van der Waals surface area contributed by atoms with Gasteiger partial charge in [-0.3, -0.25) is 14.4 Å². The van der Waals surface area contributed by atoms with Gasteiger partial charge in [-0.1, -0.05) is 0 Å². The first-order chi connectivity index (χ1) is 7.93. The lowest BCUT2D eigenvalue weighted by Gasteiger charge is -2.17. The molecule has 0 aliphatic heterocycles. The third-order valence-corrected chi connectivity index (χ3v) is 2.75. The standard InChI is InChI=1S/C10H12O3.CH2O3/c11-7-2-1-3-8(12)9(7)10(13)6-4-5-6;2-1(3)4/h6,9H,1-5H2;(H2,2,3,4). The Labute approximate surface area is 97.6 Å². The summed E-state index contributed by atoms with van der Waals surface area (Å²) < 4.78 is 0. The lowest BCUT2D eigenvalue weighted by molar-refractivity contribution is -0.142. The predicted molar refractivity (Wildman–Crippen MR) is 55.7 cm³/mol. The van der Waals surface area contributed by atoms with E-state index in [1.807, 2.05) is 0 Å². The molecule has 0 aromatic heterocycles. The molecule has 2 aliphatic carbocycles. The molecule has 0 radical (unpaired) electrons. The summed E-state index contributed by atoms with van der Waals surface area (Å²) in [7, 11) is 0. The van der Waals surface area contributed by atoms with E-state index in [1.165, 1.54) is 0 Å². The summed E-state index contributed by atoms with van der Waals surface area (Å²) in [6, 6.07) is 0. The Morgan fingerprint density at radius 3 is 1.76 bits per heavy atom. The highest BCUT2D eigenvalue weighted by Crippen LogP contribution is 2.34. The van der Waals surface area contributed by atoms with Crippen LogP contribution in [-0.2, 0) is 14.4 Å². The van der Waals surface area contributed by atoms with Crippen LogP contribution in [0.5, 0.6) is 0 Å². The predicted octanol–water partition coefficient (Wildman–Crippen LogP) is 1.13. The first-order valence-corrected chi connectivity index (χ1v) is 5.44. The third kappa shape index (κ3) is 3.97. The third-order valence-electron chi connectivity index (χ3n) is 2.75. The molecule has 0 saturated heterocycles. The van der Waals surface area contributed by atoms with Crippen LogP contribution < -0.4 is 0 Å². The maximum Gasteiger partial charge on any atom is 0.503 e. The molecule has 2 fully saturated rings. The molecule has 0 bridgehead atoms. The lowest BCUT2D eigenvalue weighted by Crippen LogP contribution is -2.36. The number of Topliss-reactive ketones (excluding diaryl/α,β-unsaturated/α-hetero) is 3. The number of carbonyl (C=O) groups is 4. The molecule has 0 spiro atoms. The fourth-order valence-electron chi connectivity index (χ4n) is 1.83. The van der Waals surface area contributed by atoms with Gasteiger partial charge < -0.3 is 10.2 Å². The monoisotopic (exact) mass is 242 g/mol. The van der Waals surface area contributed by atoms with Gasteiger partial charge in [0, 0.05) is 18.8 Å². The van der Waals surface area contributed by atoms with Crippen LogP contribution in [0.15, 0.2) is 0 Å². The number of rotatable bonds is 2. The Kier molecular flexibility index (Phi) is 4.37. The first-order valence-electron chi connectivity index (χ1n) is 5.44. The minimum Gasteiger partial charge on any atom is -0.450 e. The zero-order valence-corrected chi connectivity index (χ0v) is 9.22. The van der Waals surface area contributed by atoms with Gasteiger partial charge in [0.05, 0.1) is 0 Å². The van der Waals surface area contributed by atoms with E-state index < -0.39 is 12.1 Å². The topological polar surface area (TPSA) is 109 Å². The van der Waals surface area contributed by atoms with Crippen molar-refractivity contribution in [2.45, 2.75) is 32.1 Å². The fourth-order valence-corrected chi connectivity index (χ4v) is 1.83. The molecule has 2 aliphatic rings. The van der Waals surface area contributed by atoms with Crippen molar-refractivity contribution in [3.05, 3.63) is 0 Å². The normalized spacial score (nSPS) is 20.5. The molecule has 0 heterocycles. The molecule has 2 saturated carbocycles. The van der Waals surface area contributed by atoms with Gasteiger partial charge in [0.25, 0.3) is 0 Å². The number of carbonyl (C=O) groups excluding carboxylic acids is 3. The second kappa shape index (κ2) is 5.56. The average Bonchev–Trinajstić information content (AvgIpc) is 2.98. The van der Waals surface area contributed by atoms with Crippen LogP contribution in [0.4, 0.5) is 4.79 Å². The highest BCUT2D eigenvalue weighted by atomic mass is 16.6. The van der Waals surface area contributed by atoms with Crippen molar-refractivity contribution in [2.75, 3.05) is 0 Å². The molecule has 17 heavy (non-hydrogen) atoms. The van der Waals surface area contributed by atoms with E-state index >= 15 is 0 Å². The number of hydrogen-bond donors (Lipinski definition) is 2. The van der Waals surface area contributed by atoms with E-state index in [1.54, 1.807) is 0 Å². The van der Waals surface area contributed by atoms with Gasteiger partial charge in [-0.25, -0.2) is 4.79 Å². The van der Waals surface area contributed by atoms with Crippen LogP contribution in [0.25, 0.3) is 0 Å². The van der Waals surface area contributed by atoms with Crippen molar-refractivity contribution in [3.8, 4) is 0 Å². The minimum absolute atomic E-state index is 0.0241. The van der Waals surface area contributed by atoms with Gasteiger partial charge >= 0.3 is 6.16 Å². The summed E-state index contributed by atoms with van der Waals surface area (Å²) in [5, 5.41) is 13.9. The maximum atomic E-state index is 11.5. The molecule has 2 N–H and O–H groups in total. The molecule has 6 heteroatoms. The summed E-state index contributed by atoms with van der Waals surface area (Å²) in [4.78, 5) is 42.8. The molecule has 0 aromatic carbocycles. The maximum absolute atomic E-state index is 11.5. The lowest BCUT2D eigenvalue weighted by atomic mass is 9.82. The van der Waals surface area contributed by atoms with Gasteiger partial charge in [-0.05, 0) is 19.3 Å². The van der Waals surface area contributed by atoms with Crippen LogP contribution in [0.2, 0.25) is 0 Å². The van der Waals surface area contributed by atoms with Gasteiger partial charge in [0.1, 0.15) is 5.92 Å². The Morgan fingerprint density at radius 2 is 1.41 bits per heavy atom. The van der Waals surface area contributed by atoms with Crippen molar-refractivity contribution in [1.82, 2.24) is 0 Å². The second-order valence-electron chi connectivity index (χ2n) is 4.18. The number of ketones is 3. The first kappa shape index (κ1) is 13.3. The van der Waals surface area contributed by atoms with E-state index in [9.17, 15) is 14.4 Å². The molecule has 0 atom stereocenters. The minimum atomic E-state index is -1.83. The van der Waals surface area contributed by atoms with Gasteiger partial charge in [0.2, 0.25) is 0 Å². The van der Waals surface area contributed by atoms with Crippen molar-refractivity contribution in [3.63, 3.8) is 0 Å². The van der Waals surface area contributed by atoms with E-state index in [-0.39, 0.29) is 23.3 Å². The van der Waals surface area contributed by atoms with Crippen molar-refractivity contribution in [1.29, 1.82) is 0 Å². The van der Waals surface area contributed by atoms with Crippen LogP contribution in [0.1, 0.15) is 32.1 Å². The quantitative estimate of drug-likeness (QED) is 0.702. The SMILES string of the molecule is O=C(O)O.O=C1CCCC(=O)C1C(=O)C1CC1. The molecule has 94 valence electrons. The van der Waals surface area contributed by atoms with Crippen LogP contribution in [0.3, 0.4) is 0 Å². The average molecular weight is 242 g/mol. The number of carboxylic acid groups (broad SMARTS) is 2. The van der Waals surface area contributed by atoms with Gasteiger partial charge in [-0.2, -0.15) is 0 Å². The Morgan fingerprint density at radius 1 is 1.00 bits per heavy atom. The summed E-state index contributed by atoms with van der Waals surface area (Å²) in [6.07, 6.45) is 1.36. The van der Waals surface area contributed by atoms with E-state index in [0.717, 1.165) is 12.8 Å². The summed E-state index contributed by atoms with van der Waals surface area (Å²) in [6.45, 7) is 0. The second-order valence-corrected chi connectivity index (χ2v) is 4.18. The molecule has 6 nitrogen and oxygen atoms in total. The van der Waals surface area contributed by atoms with Crippen LogP contribution in [-0.4, -0.2) is 33.7 Å². The number of hydrogen-bond acceptors (Lipinski definition) is 4. The smallest absolute Gasteiger partial charge is 0.450 e. The molecular formula is C11H14O6. The van der Waals surface area contributed by atoms with Crippen molar-refractivity contribution >= 4 is 23.5 Å². The highest BCUT2D eigenvalue weighted by Gasteiger charge is 2.42. The van der Waals surface area contributed by atoms with E-state index in [4.69, 9.17) is 15.0 Å². The summed E-state index contributed by atoms with van der Waals surface area (Å²) in [5.41, 5.74) is 0. The Balaban J connectivity index is 0.000000317. The molecule has 0 unspecified atom stereocenters. The molecular weight excluding hydrogens is 228 g/mol. The molecule has 0 aromatic rings. The summed E-state index contributed by atoms with van der Waals surface area (Å²) >= 11 is 0. The van der Waals surface area contributed by atoms with E-state index in [2.05, 4.69) is 0 Å². The van der Waals surface area contributed by atoms with Crippen molar-refractivity contribution < 1.29 is 29.4 Å². The zero-order valence-electron chi connectivity index (χ0n) is 9.22. The van der Waals surface area contributed by atoms with E-state index in [0.29, 0.717) is 19.3 Å².